The van der Waals surface area contributed by atoms with E-state index in [9.17, 15) is 0 Å². The third-order valence-corrected chi connectivity index (χ3v) is 3.79. The maximum atomic E-state index is 4.25. The third-order valence-electron chi connectivity index (χ3n) is 3.16. The molecule has 1 unspecified atom stereocenters. The van der Waals surface area contributed by atoms with Gasteiger partial charge in [0.2, 0.25) is 0 Å². The summed E-state index contributed by atoms with van der Waals surface area (Å²) in [4.78, 5) is 4.25. The number of aromatic nitrogens is 1. The van der Waals surface area contributed by atoms with Gasteiger partial charge in [-0.15, -0.1) is 11.3 Å². The van der Waals surface area contributed by atoms with Gasteiger partial charge >= 0.3 is 0 Å². The molecule has 1 aromatic rings. The molecule has 0 aliphatic heterocycles. The molecule has 0 amide bonds. The Balaban J connectivity index is 1.79. The van der Waals surface area contributed by atoms with Crippen molar-refractivity contribution in [1.29, 1.82) is 0 Å². The SMILES string of the molecule is CC(NCc1cscn1)C1(C)CC1. The van der Waals surface area contributed by atoms with Crippen molar-refractivity contribution in [1.82, 2.24) is 10.3 Å². The van der Waals surface area contributed by atoms with Crippen LogP contribution in [-0.4, -0.2) is 11.0 Å². The summed E-state index contributed by atoms with van der Waals surface area (Å²) >= 11 is 1.66. The topological polar surface area (TPSA) is 24.9 Å². The highest BCUT2D eigenvalue weighted by atomic mass is 32.1. The van der Waals surface area contributed by atoms with E-state index in [1.807, 2.05) is 5.51 Å². The summed E-state index contributed by atoms with van der Waals surface area (Å²) in [5, 5.41) is 5.64. The smallest absolute Gasteiger partial charge is 0.0795 e. The molecule has 1 saturated carbocycles. The number of nitrogens with zero attached hydrogens (tertiary/aromatic N) is 1. The molecular weight excluding hydrogens is 180 g/mol. The molecule has 2 nitrogen and oxygen atoms in total. The van der Waals surface area contributed by atoms with Gasteiger partial charge in [-0.1, -0.05) is 6.92 Å². The van der Waals surface area contributed by atoms with Gasteiger partial charge in [0, 0.05) is 18.0 Å². The van der Waals surface area contributed by atoms with E-state index < -0.39 is 0 Å². The molecule has 1 N–H and O–H groups in total. The minimum Gasteiger partial charge on any atom is -0.308 e. The van der Waals surface area contributed by atoms with Gasteiger partial charge in [-0.05, 0) is 25.2 Å². The van der Waals surface area contributed by atoms with Gasteiger partial charge in [0.15, 0.2) is 0 Å². The summed E-state index contributed by atoms with van der Waals surface area (Å²) in [6.07, 6.45) is 2.75. The van der Waals surface area contributed by atoms with Crippen molar-refractivity contribution in [2.45, 2.75) is 39.3 Å². The molecule has 0 saturated heterocycles. The lowest BCUT2D eigenvalue weighted by atomic mass is 10.0. The van der Waals surface area contributed by atoms with Gasteiger partial charge in [-0.2, -0.15) is 0 Å². The van der Waals surface area contributed by atoms with E-state index in [1.165, 1.54) is 18.5 Å². The minimum absolute atomic E-state index is 0.565. The number of hydrogen-bond donors (Lipinski definition) is 1. The molecule has 0 spiro atoms. The van der Waals surface area contributed by atoms with E-state index in [2.05, 4.69) is 29.5 Å². The minimum atomic E-state index is 0.565. The summed E-state index contributed by atoms with van der Waals surface area (Å²) in [6, 6.07) is 0.620. The number of rotatable bonds is 4. The maximum absolute atomic E-state index is 4.25. The third kappa shape index (κ3) is 2.09. The Morgan fingerprint density at radius 1 is 1.69 bits per heavy atom. The fourth-order valence-electron chi connectivity index (χ4n) is 1.46. The van der Waals surface area contributed by atoms with Crippen molar-refractivity contribution in [2.75, 3.05) is 0 Å². The van der Waals surface area contributed by atoms with Crippen LogP contribution < -0.4 is 5.32 Å². The molecule has 72 valence electrons. The second-order valence-corrected chi connectivity index (χ2v) is 4.96. The average Bonchev–Trinajstić information content (AvgIpc) is 2.70. The molecule has 1 aromatic heterocycles. The first-order chi connectivity index (χ1) is 6.21. The summed E-state index contributed by atoms with van der Waals surface area (Å²) < 4.78 is 0. The number of nitrogens with one attached hydrogen (secondary N) is 1. The van der Waals surface area contributed by atoms with E-state index in [0.29, 0.717) is 11.5 Å². The van der Waals surface area contributed by atoms with E-state index in [4.69, 9.17) is 0 Å². The quantitative estimate of drug-likeness (QED) is 0.800. The predicted octanol–water partition coefficient (Wildman–Crippen LogP) is 2.42. The van der Waals surface area contributed by atoms with Crippen molar-refractivity contribution in [3.05, 3.63) is 16.6 Å². The van der Waals surface area contributed by atoms with Crippen molar-refractivity contribution >= 4 is 11.3 Å². The van der Waals surface area contributed by atoms with Crippen LogP contribution >= 0.6 is 11.3 Å². The normalized spacial score (nSPS) is 21.4. The Kier molecular flexibility index (Phi) is 2.39. The molecular formula is C10H16N2S. The molecule has 0 bridgehead atoms. The van der Waals surface area contributed by atoms with Crippen LogP contribution in [0.25, 0.3) is 0 Å². The highest BCUT2D eigenvalue weighted by Gasteiger charge is 2.42. The summed E-state index contributed by atoms with van der Waals surface area (Å²) in [5.41, 5.74) is 3.62. The lowest BCUT2D eigenvalue weighted by Crippen LogP contribution is -2.32. The second kappa shape index (κ2) is 3.39. The molecule has 0 aromatic carbocycles. The van der Waals surface area contributed by atoms with Gasteiger partial charge in [0.05, 0.1) is 11.2 Å². The molecule has 3 heteroatoms. The van der Waals surface area contributed by atoms with Gasteiger partial charge < -0.3 is 5.32 Å². The highest BCUT2D eigenvalue weighted by Crippen LogP contribution is 2.47. The van der Waals surface area contributed by atoms with Crippen molar-refractivity contribution in [3.63, 3.8) is 0 Å². The second-order valence-electron chi connectivity index (χ2n) is 4.24. The molecule has 1 aliphatic rings. The Morgan fingerprint density at radius 2 is 2.46 bits per heavy atom. The molecule has 1 aliphatic carbocycles. The van der Waals surface area contributed by atoms with Gasteiger partial charge in [0.25, 0.3) is 0 Å². The average molecular weight is 196 g/mol. The first-order valence-electron chi connectivity index (χ1n) is 4.81. The van der Waals surface area contributed by atoms with E-state index in [0.717, 1.165) is 6.54 Å². The fraction of sp³-hybridized carbons (Fsp3) is 0.700. The Labute approximate surface area is 83.4 Å². The largest absolute Gasteiger partial charge is 0.308 e. The first kappa shape index (κ1) is 9.16. The summed E-state index contributed by atoms with van der Waals surface area (Å²) in [7, 11) is 0. The number of hydrogen-bond acceptors (Lipinski definition) is 3. The van der Waals surface area contributed by atoms with Gasteiger partial charge in [-0.3, -0.25) is 0 Å². The van der Waals surface area contributed by atoms with Crippen LogP contribution in [0.3, 0.4) is 0 Å². The van der Waals surface area contributed by atoms with Crippen LogP contribution in [0.5, 0.6) is 0 Å². The van der Waals surface area contributed by atoms with E-state index in [-0.39, 0.29) is 0 Å². The van der Waals surface area contributed by atoms with Crippen molar-refractivity contribution in [2.24, 2.45) is 5.41 Å². The monoisotopic (exact) mass is 196 g/mol. The molecule has 0 radical (unpaired) electrons. The Hall–Kier alpha value is -0.410. The maximum Gasteiger partial charge on any atom is 0.0795 e. The molecule has 1 heterocycles. The van der Waals surface area contributed by atoms with Crippen LogP contribution in [0.1, 0.15) is 32.4 Å². The zero-order valence-corrected chi connectivity index (χ0v) is 9.03. The molecule has 1 atom stereocenters. The molecule has 2 rings (SSSR count). The van der Waals surface area contributed by atoms with E-state index in [1.54, 1.807) is 11.3 Å². The summed E-state index contributed by atoms with van der Waals surface area (Å²) in [5.74, 6) is 0. The summed E-state index contributed by atoms with van der Waals surface area (Å²) in [6.45, 7) is 5.55. The Morgan fingerprint density at radius 3 is 3.00 bits per heavy atom. The van der Waals surface area contributed by atoms with Crippen molar-refractivity contribution < 1.29 is 0 Å². The van der Waals surface area contributed by atoms with E-state index >= 15 is 0 Å². The van der Waals surface area contributed by atoms with Crippen LogP contribution in [0, 0.1) is 5.41 Å². The fourth-order valence-corrected chi connectivity index (χ4v) is 2.02. The molecule has 13 heavy (non-hydrogen) atoms. The lowest BCUT2D eigenvalue weighted by molar-refractivity contribution is 0.378. The zero-order valence-electron chi connectivity index (χ0n) is 8.21. The number of thiazole rings is 1. The standard InChI is InChI=1S/C10H16N2S/c1-8(10(2)3-4-10)11-5-9-6-13-7-12-9/h6-8,11H,3-5H2,1-2H3. The highest BCUT2D eigenvalue weighted by molar-refractivity contribution is 7.07. The van der Waals surface area contributed by atoms with Gasteiger partial charge in [0.1, 0.15) is 0 Å². The van der Waals surface area contributed by atoms with Crippen LogP contribution in [0.2, 0.25) is 0 Å². The van der Waals surface area contributed by atoms with Gasteiger partial charge in [-0.25, -0.2) is 4.98 Å². The van der Waals surface area contributed by atoms with Crippen LogP contribution in [0.15, 0.2) is 10.9 Å². The zero-order chi connectivity index (χ0) is 9.31. The van der Waals surface area contributed by atoms with Crippen LogP contribution in [-0.2, 0) is 6.54 Å². The first-order valence-corrected chi connectivity index (χ1v) is 5.75. The predicted molar refractivity (Wildman–Crippen MR) is 55.8 cm³/mol. The van der Waals surface area contributed by atoms with Crippen LogP contribution in [0.4, 0.5) is 0 Å². The molecule has 1 fully saturated rings. The van der Waals surface area contributed by atoms with Crippen molar-refractivity contribution in [3.8, 4) is 0 Å². The Bertz CT molecular complexity index is 264. The lowest BCUT2D eigenvalue weighted by Gasteiger charge is -2.19.